The molecule has 2 heterocycles. The van der Waals surface area contributed by atoms with Crippen LogP contribution in [0.5, 0.6) is 0 Å². The van der Waals surface area contributed by atoms with Crippen molar-refractivity contribution < 1.29 is 18.0 Å². The zero-order chi connectivity index (χ0) is 22.9. The molecular formula is C24H27N3O4S. The number of aryl methyl sites for hydroxylation is 1. The highest BCUT2D eigenvalue weighted by molar-refractivity contribution is 7.90. The first-order valence-electron chi connectivity index (χ1n) is 10.6. The third-order valence-corrected chi connectivity index (χ3v) is 7.66. The van der Waals surface area contributed by atoms with Crippen molar-refractivity contribution in [1.29, 1.82) is 0 Å². The Bertz CT molecular complexity index is 1250. The number of sulfone groups is 1. The van der Waals surface area contributed by atoms with E-state index < -0.39 is 9.84 Å². The molecule has 0 radical (unpaired) electrons. The number of rotatable bonds is 5. The Morgan fingerprint density at radius 2 is 1.53 bits per heavy atom. The second kappa shape index (κ2) is 8.78. The Hall–Kier alpha value is -3.13. The molecule has 4 rings (SSSR count). The Morgan fingerprint density at radius 3 is 2.19 bits per heavy atom. The highest BCUT2D eigenvalue weighted by Crippen LogP contribution is 2.28. The molecule has 8 heteroatoms. The lowest BCUT2D eigenvalue weighted by atomic mass is 10.2. The number of hydrogen-bond donors (Lipinski definition) is 0. The Labute approximate surface area is 188 Å². The van der Waals surface area contributed by atoms with Gasteiger partial charge in [-0.05, 0) is 18.6 Å². The normalized spacial score (nSPS) is 14.7. The molecular weight excluding hydrogens is 426 g/mol. The lowest BCUT2D eigenvalue weighted by molar-refractivity contribution is -0.138. The predicted octanol–water partition coefficient (Wildman–Crippen LogP) is 2.61. The van der Waals surface area contributed by atoms with Gasteiger partial charge in [0, 0.05) is 50.2 Å². The van der Waals surface area contributed by atoms with Crippen molar-refractivity contribution >= 4 is 32.6 Å². The largest absolute Gasteiger partial charge is 0.339 e. The number of para-hydroxylation sites is 1. The van der Waals surface area contributed by atoms with E-state index in [9.17, 15) is 18.0 Å². The number of amides is 2. The lowest BCUT2D eigenvalue weighted by Crippen LogP contribution is -2.50. The predicted molar refractivity (Wildman–Crippen MR) is 123 cm³/mol. The quantitative estimate of drug-likeness (QED) is 0.595. The van der Waals surface area contributed by atoms with Crippen LogP contribution in [-0.2, 0) is 31.7 Å². The van der Waals surface area contributed by atoms with Gasteiger partial charge in [-0.25, -0.2) is 8.42 Å². The first kappa shape index (κ1) is 22.1. The van der Waals surface area contributed by atoms with E-state index in [1.165, 1.54) is 6.92 Å². The lowest BCUT2D eigenvalue weighted by Gasteiger charge is -2.34. The van der Waals surface area contributed by atoms with E-state index in [1.807, 2.05) is 43.3 Å². The van der Waals surface area contributed by atoms with Crippen LogP contribution in [0.25, 0.3) is 10.9 Å². The maximum absolute atomic E-state index is 13.3. The number of carbonyl (C=O) groups is 2. The first-order chi connectivity index (χ1) is 15.2. The second-order valence-corrected chi connectivity index (χ2v) is 10.2. The minimum atomic E-state index is -3.60. The SMILES string of the molecule is CC(=O)N1CCN(C(=O)Cn2cc(S(=O)(=O)Cc3ccc(C)cc3)c3ccccc32)CC1. The van der Waals surface area contributed by atoms with Crippen LogP contribution in [0.3, 0.4) is 0 Å². The summed E-state index contributed by atoms with van der Waals surface area (Å²) in [5, 5.41) is 0.619. The van der Waals surface area contributed by atoms with E-state index in [2.05, 4.69) is 0 Å². The molecule has 1 aliphatic heterocycles. The molecule has 0 spiro atoms. The fourth-order valence-corrected chi connectivity index (χ4v) is 5.67. The zero-order valence-electron chi connectivity index (χ0n) is 18.3. The van der Waals surface area contributed by atoms with Gasteiger partial charge in [0.05, 0.1) is 10.6 Å². The summed E-state index contributed by atoms with van der Waals surface area (Å²) in [7, 11) is -3.60. The highest BCUT2D eigenvalue weighted by atomic mass is 32.2. The Kier molecular flexibility index (Phi) is 6.06. The molecule has 2 amide bonds. The van der Waals surface area contributed by atoms with Crippen LogP contribution in [0.4, 0.5) is 0 Å². The van der Waals surface area contributed by atoms with E-state index in [0.29, 0.717) is 37.1 Å². The highest BCUT2D eigenvalue weighted by Gasteiger charge is 2.25. The fraction of sp³-hybridized carbons (Fsp3) is 0.333. The summed E-state index contributed by atoms with van der Waals surface area (Å²) in [5.74, 6) is -0.171. The topological polar surface area (TPSA) is 79.7 Å². The Balaban J connectivity index is 1.58. The van der Waals surface area contributed by atoms with Crippen LogP contribution in [0.1, 0.15) is 18.1 Å². The van der Waals surface area contributed by atoms with Gasteiger partial charge in [0.25, 0.3) is 0 Å². The third-order valence-electron chi connectivity index (χ3n) is 5.95. The van der Waals surface area contributed by atoms with Gasteiger partial charge in [-0.15, -0.1) is 0 Å². The molecule has 0 saturated carbocycles. The number of fused-ring (bicyclic) bond motifs is 1. The summed E-state index contributed by atoms with van der Waals surface area (Å²) in [6.07, 6.45) is 1.58. The van der Waals surface area contributed by atoms with Crippen molar-refractivity contribution in [2.24, 2.45) is 0 Å². The molecule has 0 aliphatic carbocycles. The minimum Gasteiger partial charge on any atom is -0.339 e. The minimum absolute atomic E-state index is 0.0110. The van der Waals surface area contributed by atoms with Gasteiger partial charge in [0.15, 0.2) is 9.84 Å². The van der Waals surface area contributed by atoms with E-state index in [-0.39, 0.29) is 29.0 Å². The van der Waals surface area contributed by atoms with Crippen LogP contribution < -0.4 is 0 Å². The van der Waals surface area contributed by atoms with Gasteiger partial charge >= 0.3 is 0 Å². The van der Waals surface area contributed by atoms with E-state index >= 15 is 0 Å². The van der Waals surface area contributed by atoms with Gasteiger partial charge in [-0.3, -0.25) is 9.59 Å². The molecule has 3 aromatic rings. The summed E-state index contributed by atoms with van der Waals surface area (Å²) in [5.41, 5.74) is 2.52. The van der Waals surface area contributed by atoms with E-state index in [1.54, 1.807) is 32.7 Å². The molecule has 0 atom stereocenters. The van der Waals surface area contributed by atoms with Gasteiger partial charge in [0.1, 0.15) is 6.54 Å². The second-order valence-electron chi connectivity index (χ2n) is 8.27. The number of aromatic nitrogens is 1. The summed E-state index contributed by atoms with van der Waals surface area (Å²) in [6, 6.07) is 14.7. The van der Waals surface area contributed by atoms with Crippen molar-refractivity contribution in [3.63, 3.8) is 0 Å². The number of hydrogen-bond acceptors (Lipinski definition) is 4. The molecule has 32 heavy (non-hydrogen) atoms. The molecule has 1 aliphatic rings. The maximum Gasteiger partial charge on any atom is 0.242 e. The molecule has 1 aromatic heterocycles. The first-order valence-corrected chi connectivity index (χ1v) is 12.3. The molecule has 1 saturated heterocycles. The fourth-order valence-electron chi connectivity index (χ4n) is 4.09. The summed E-state index contributed by atoms with van der Waals surface area (Å²) in [6.45, 7) is 5.55. The summed E-state index contributed by atoms with van der Waals surface area (Å²) in [4.78, 5) is 28.1. The van der Waals surface area contributed by atoms with E-state index in [0.717, 1.165) is 11.1 Å². The number of piperazine rings is 1. The van der Waals surface area contributed by atoms with Crippen LogP contribution >= 0.6 is 0 Å². The number of carbonyl (C=O) groups excluding carboxylic acids is 2. The van der Waals surface area contributed by atoms with Crippen molar-refractivity contribution in [3.8, 4) is 0 Å². The molecule has 0 N–H and O–H groups in total. The van der Waals surface area contributed by atoms with Gasteiger partial charge in [-0.1, -0.05) is 48.0 Å². The average molecular weight is 454 g/mol. The third kappa shape index (κ3) is 4.55. The van der Waals surface area contributed by atoms with Crippen LogP contribution in [0, 0.1) is 6.92 Å². The zero-order valence-corrected chi connectivity index (χ0v) is 19.1. The van der Waals surface area contributed by atoms with Gasteiger partial charge in [-0.2, -0.15) is 0 Å². The molecule has 0 unspecified atom stereocenters. The van der Waals surface area contributed by atoms with Crippen molar-refractivity contribution in [1.82, 2.24) is 14.4 Å². The average Bonchev–Trinajstić information content (AvgIpc) is 3.15. The smallest absolute Gasteiger partial charge is 0.242 e. The standard InChI is InChI=1S/C24H27N3O4S/c1-18-7-9-20(10-8-18)17-32(30,31)23-15-27(22-6-4-3-5-21(22)23)16-24(29)26-13-11-25(12-14-26)19(2)28/h3-10,15H,11-14,16-17H2,1-2H3. The molecule has 0 bridgehead atoms. The van der Waals surface area contributed by atoms with Crippen LogP contribution in [0.2, 0.25) is 0 Å². The monoisotopic (exact) mass is 453 g/mol. The number of nitrogens with zero attached hydrogens (tertiary/aromatic N) is 3. The molecule has 2 aromatic carbocycles. The van der Waals surface area contributed by atoms with Crippen molar-refractivity contribution in [2.75, 3.05) is 26.2 Å². The summed E-state index contributed by atoms with van der Waals surface area (Å²) >= 11 is 0. The van der Waals surface area contributed by atoms with Gasteiger partial charge < -0.3 is 14.4 Å². The molecule has 7 nitrogen and oxygen atoms in total. The molecule has 168 valence electrons. The van der Waals surface area contributed by atoms with Crippen LogP contribution in [-0.4, -0.2) is 60.8 Å². The van der Waals surface area contributed by atoms with E-state index in [4.69, 9.17) is 0 Å². The van der Waals surface area contributed by atoms with Gasteiger partial charge in [0.2, 0.25) is 11.8 Å². The summed E-state index contributed by atoms with van der Waals surface area (Å²) < 4.78 is 28.2. The van der Waals surface area contributed by atoms with Crippen molar-refractivity contribution in [3.05, 3.63) is 65.9 Å². The van der Waals surface area contributed by atoms with Crippen molar-refractivity contribution in [2.45, 2.75) is 31.0 Å². The maximum atomic E-state index is 13.3. The molecule has 1 fully saturated rings. The van der Waals surface area contributed by atoms with Crippen LogP contribution in [0.15, 0.2) is 59.6 Å². The Morgan fingerprint density at radius 1 is 0.906 bits per heavy atom. The number of benzene rings is 2.